The second-order valence-electron chi connectivity index (χ2n) is 5.66. The van der Waals surface area contributed by atoms with Gasteiger partial charge in [0.15, 0.2) is 5.96 Å². The van der Waals surface area contributed by atoms with Crippen LogP contribution in [-0.2, 0) is 6.54 Å². The van der Waals surface area contributed by atoms with Crippen LogP contribution >= 0.6 is 24.0 Å². The Morgan fingerprint density at radius 3 is 2.58 bits per heavy atom. The minimum Gasteiger partial charge on any atom is -0.444 e. The van der Waals surface area contributed by atoms with Gasteiger partial charge in [0.25, 0.3) is 0 Å². The van der Waals surface area contributed by atoms with Crippen LogP contribution in [-0.4, -0.2) is 23.5 Å². The molecular weight excluding hydrogens is 415 g/mol. The summed E-state index contributed by atoms with van der Waals surface area (Å²) in [6.07, 6.45) is 2.72. The molecule has 1 heterocycles. The zero-order chi connectivity index (χ0) is 16.7. The number of aromatic nitrogens is 1. The van der Waals surface area contributed by atoms with Crippen molar-refractivity contribution in [3.63, 3.8) is 0 Å². The average Bonchev–Trinajstić information content (AvgIpc) is 3.02. The highest BCUT2D eigenvalue weighted by Crippen LogP contribution is 2.19. The SMILES string of the molecule is CCNC(=NCc1coc(-c2ccc(C)cc2)n1)NC(C)CC.I. The monoisotopic (exact) mass is 442 g/mol. The topological polar surface area (TPSA) is 62.5 Å². The van der Waals surface area contributed by atoms with Gasteiger partial charge in [0.2, 0.25) is 5.89 Å². The van der Waals surface area contributed by atoms with Crippen LogP contribution in [0, 0.1) is 6.92 Å². The molecule has 0 aliphatic heterocycles. The van der Waals surface area contributed by atoms with Crippen molar-refractivity contribution in [2.45, 2.75) is 46.7 Å². The molecule has 1 unspecified atom stereocenters. The molecule has 2 N–H and O–H groups in total. The van der Waals surface area contributed by atoms with Crippen molar-refractivity contribution in [2.24, 2.45) is 4.99 Å². The summed E-state index contributed by atoms with van der Waals surface area (Å²) in [5.74, 6) is 1.44. The Balaban J connectivity index is 0.00000288. The fourth-order valence-corrected chi connectivity index (χ4v) is 2.02. The molecule has 0 aliphatic rings. The first-order chi connectivity index (χ1) is 11.1. The molecule has 6 heteroatoms. The highest BCUT2D eigenvalue weighted by molar-refractivity contribution is 14.0. The summed E-state index contributed by atoms with van der Waals surface area (Å²) in [6.45, 7) is 9.72. The Labute approximate surface area is 161 Å². The van der Waals surface area contributed by atoms with Gasteiger partial charge in [0, 0.05) is 18.2 Å². The van der Waals surface area contributed by atoms with E-state index in [1.54, 1.807) is 6.26 Å². The van der Waals surface area contributed by atoms with E-state index in [0.717, 1.165) is 30.2 Å². The number of rotatable bonds is 6. The average molecular weight is 442 g/mol. The van der Waals surface area contributed by atoms with Crippen molar-refractivity contribution in [3.05, 3.63) is 41.8 Å². The third kappa shape index (κ3) is 6.14. The maximum Gasteiger partial charge on any atom is 0.226 e. The molecule has 132 valence electrons. The highest BCUT2D eigenvalue weighted by Gasteiger charge is 2.07. The lowest BCUT2D eigenvalue weighted by Crippen LogP contribution is -2.41. The van der Waals surface area contributed by atoms with Gasteiger partial charge in [-0.3, -0.25) is 0 Å². The van der Waals surface area contributed by atoms with Crippen molar-refractivity contribution >= 4 is 29.9 Å². The zero-order valence-corrected chi connectivity index (χ0v) is 17.1. The fraction of sp³-hybridized carbons (Fsp3) is 0.444. The van der Waals surface area contributed by atoms with Gasteiger partial charge in [-0.15, -0.1) is 24.0 Å². The number of aliphatic imine (C=N–C) groups is 1. The molecular formula is C18H27IN4O. The summed E-state index contributed by atoms with van der Waals surface area (Å²) in [6, 6.07) is 8.52. The number of hydrogen-bond donors (Lipinski definition) is 2. The van der Waals surface area contributed by atoms with Gasteiger partial charge in [-0.1, -0.05) is 24.6 Å². The maximum atomic E-state index is 5.56. The van der Waals surface area contributed by atoms with Crippen LogP contribution in [0.2, 0.25) is 0 Å². The number of halogens is 1. The molecule has 2 aromatic rings. The van der Waals surface area contributed by atoms with Crippen molar-refractivity contribution in [3.8, 4) is 11.5 Å². The number of nitrogens with zero attached hydrogens (tertiary/aromatic N) is 2. The minimum absolute atomic E-state index is 0. The Hall–Kier alpha value is -1.57. The second kappa shape index (κ2) is 10.3. The molecule has 5 nitrogen and oxygen atoms in total. The fourth-order valence-electron chi connectivity index (χ4n) is 2.02. The van der Waals surface area contributed by atoms with E-state index in [9.17, 15) is 0 Å². The number of aryl methyl sites for hydroxylation is 1. The van der Waals surface area contributed by atoms with E-state index in [4.69, 9.17) is 4.42 Å². The highest BCUT2D eigenvalue weighted by atomic mass is 127. The predicted octanol–water partition coefficient (Wildman–Crippen LogP) is 4.12. The summed E-state index contributed by atoms with van der Waals surface area (Å²) in [5, 5.41) is 6.61. The van der Waals surface area contributed by atoms with E-state index in [1.807, 2.05) is 12.1 Å². The lowest BCUT2D eigenvalue weighted by atomic mass is 10.1. The van der Waals surface area contributed by atoms with E-state index >= 15 is 0 Å². The molecule has 0 saturated carbocycles. The predicted molar refractivity (Wildman–Crippen MR) is 110 cm³/mol. The number of nitrogens with one attached hydrogen (secondary N) is 2. The summed E-state index contributed by atoms with van der Waals surface area (Å²) in [5.41, 5.74) is 3.02. The number of benzene rings is 1. The number of guanidine groups is 1. The van der Waals surface area contributed by atoms with Crippen molar-refractivity contribution in [1.29, 1.82) is 0 Å². The standard InChI is InChI=1S/C18H26N4O.HI/c1-5-14(4)21-18(19-6-2)20-11-16-12-23-17(22-16)15-9-7-13(3)8-10-15;/h7-10,12,14H,5-6,11H2,1-4H3,(H2,19,20,21);1H. The van der Waals surface area contributed by atoms with Crippen LogP contribution < -0.4 is 10.6 Å². The second-order valence-corrected chi connectivity index (χ2v) is 5.66. The molecule has 24 heavy (non-hydrogen) atoms. The minimum atomic E-state index is 0. The Morgan fingerprint density at radius 2 is 1.96 bits per heavy atom. The summed E-state index contributed by atoms with van der Waals surface area (Å²) >= 11 is 0. The molecule has 0 radical (unpaired) electrons. The zero-order valence-electron chi connectivity index (χ0n) is 14.8. The molecule has 2 rings (SSSR count). The summed E-state index contributed by atoms with van der Waals surface area (Å²) in [4.78, 5) is 9.08. The van der Waals surface area contributed by atoms with Gasteiger partial charge >= 0.3 is 0 Å². The van der Waals surface area contributed by atoms with E-state index < -0.39 is 0 Å². The lowest BCUT2D eigenvalue weighted by molar-refractivity contribution is 0.572. The Morgan fingerprint density at radius 1 is 1.25 bits per heavy atom. The van der Waals surface area contributed by atoms with Crippen LogP contribution in [0.4, 0.5) is 0 Å². The largest absolute Gasteiger partial charge is 0.444 e. The van der Waals surface area contributed by atoms with Gasteiger partial charge in [0.1, 0.15) is 12.0 Å². The third-order valence-corrected chi connectivity index (χ3v) is 3.59. The first-order valence-corrected chi connectivity index (χ1v) is 8.18. The third-order valence-electron chi connectivity index (χ3n) is 3.59. The van der Waals surface area contributed by atoms with Crippen LogP contribution in [0.5, 0.6) is 0 Å². The maximum absolute atomic E-state index is 5.56. The van der Waals surface area contributed by atoms with E-state index in [2.05, 4.69) is 60.4 Å². The first-order valence-electron chi connectivity index (χ1n) is 8.18. The van der Waals surface area contributed by atoms with Crippen molar-refractivity contribution < 1.29 is 4.42 Å². The van der Waals surface area contributed by atoms with Gasteiger partial charge in [0.05, 0.1) is 6.54 Å². The van der Waals surface area contributed by atoms with Crippen LogP contribution in [0.1, 0.15) is 38.4 Å². The molecule has 1 atom stereocenters. The summed E-state index contributed by atoms with van der Waals surface area (Å²) in [7, 11) is 0. The molecule has 0 fully saturated rings. The van der Waals surface area contributed by atoms with E-state index in [1.165, 1.54) is 5.56 Å². The van der Waals surface area contributed by atoms with E-state index in [0.29, 0.717) is 18.5 Å². The molecule has 0 saturated heterocycles. The molecule has 0 bridgehead atoms. The molecule has 0 amide bonds. The van der Waals surface area contributed by atoms with Gasteiger partial charge in [-0.2, -0.15) is 0 Å². The summed E-state index contributed by atoms with van der Waals surface area (Å²) < 4.78 is 5.56. The van der Waals surface area contributed by atoms with Gasteiger partial charge in [-0.05, 0) is 39.3 Å². The van der Waals surface area contributed by atoms with Crippen LogP contribution in [0.3, 0.4) is 0 Å². The Bertz CT molecular complexity index is 637. The normalized spacial score (nSPS) is 12.4. The van der Waals surface area contributed by atoms with Crippen LogP contribution in [0.25, 0.3) is 11.5 Å². The quantitative estimate of drug-likeness (QED) is 0.402. The van der Waals surface area contributed by atoms with Crippen LogP contribution in [0.15, 0.2) is 39.9 Å². The molecule has 1 aromatic carbocycles. The van der Waals surface area contributed by atoms with E-state index in [-0.39, 0.29) is 24.0 Å². The number of hydrogen-bond acceptors (Lipinski definition) is 3. The lowest BCUT2D eigenvalue weighted by Gasteiger charge is -2.15. The number of oxazole rings is 1. The van der Waals surface area contributed by atoms with Gasteiger partial charge in [-0.25, -0.2) is 9.98 Å². The molecule has 1 aromatic heterocycles. The molecule has 0 aliphatic carbocycles. The van der Waals surface area contributed by atoms with Crippen molar-refractivity contribution in [1.82, 2.24) is 15.6 Å². The first kappa shape index (κ1) is 20.5. The van der Waals surface area contributed by atoms with Crippen molar-refractivity contribution in [2.75, 3.05) is 6.54 Å². The smallest absolute Gasteiger partial charge is 0.226 e. The molecule has 0 spiro atoms. The van der Waals surface area contributed by atoms with Gasteiger partial charge < -0.3 is 15.1 Å². The Kier molecular flexibility index (Phi) is 8.81.